The first kappa shape index (κ1) is 23.7. The van der Waals surface area contributed by atoms with E-state index in [1.54, 1.807) is 6.08 Å². The zero-order valence-electron chi connectivity index (χ0n) is 16.7. The number of carbonyl (C=O) groups excluding carboxylic acids is 3. The van der Waals surface area contributed by atoms with Gasteiger partial charge in [0.1, 0.15) is 18.9 Å². The van der Waals surface area contributed by atoms with Gasteiger partial charge >= 0.3 is 0 Å². The van der Waals surface area contributed by atoms with Crippen LogP contribution in [0, 0.1) is 5.41 Å². The third kappa shape index (κ3) is 9.87. The number of carbonyl (C=O) groups is 3. The molecular formula is C23H32O3. The summed E-state index contributed by atoms with van der Waals surface area (Å²) in [5.74, 6) is 0. The minimum absolute atomic E-state index is 0.0278. The minimum Gasteiger partial charge on any atom is -0.303 e. The molecule has 0 N–H and O–H groups in total. The molecule has 0 fully saturated rings. The van der Waals surface area contributed by atoms with Crippen LogP contribution in [0.25, 0.3) is 0 Å². The van der Waals surface area contributed by atoms with Crippen LogP contribution in [0.3, 0.4) is 0 Å². The van der Waals surface area contributed by atoms with E-state index >= 15 is 0 Å². The van der Waals surface area contributed by atoms with Crippen LogP contribution in [0.1, 0.15) is 60.3 Å². The molecule has 142 valence electrons. The van der Waals surface area contributed by atoms with Gasteiger partial charge in [0.15, 0.2) is 0 Å². The molecule has 0 aromatic rings. The van der Waals surface area contributed by atoms with Gasteiger partial charge < -0.3 is 9.59 Å². The van der Waals surface area contributed by atoms with E-state index in [4.69, 9.17) is 0 Å². The zero-order chi connectivity index (χ0) is 20.0. The molecule has 0 aromatic heterocycles. The highest BCUT2D eigenvalue weighted by Crippen LogP contribution is 2.40. The van der Waals surface area contributed by atoms with Gasteiger partial charge in [-0.15, -0.1) is 0 Å². The van der Waals surface area contributed by atoms with Gasteiger partial charge in [-0.2, -0.15) is 0 Å². The van der Waals surface area contributed by atoms with Crippen molar-refractivity contribution in [2.45, 2.75) is 60.3 Å². The maximum atomic E-state index is 10.3. The van der Waals surface area contributed by atoms with E-state index in [-0.39, 0.29) is 11.8 Å². The molecule has 0 saturated carbocycles. The average Bonchev–Trinajstić information content (AvgIpc) is 2.55. The Morgan fingerprint density at radius 3 is 2.12 bits per heavy atom. The largest absolute Gasteiger partial charge is 0.303 e. The summed E-state index contributed by atoms with van der Waals surface area (Å²) in [6.45, 7) is 10.9. The summed E-state index contributed by atoms with van der Waals surface area (Å²) in [6.07, 6.45) is 17.8. The van der Waals surface area contributed by atoms with Gasteiger partial charge in [-0.1, -0.05) is 55.4 Å². The SMILES string of the molecule is CC(C=CC=C(C)C=CC1=C(C)CCCC1(C)C)=CC=O.O=CCC=O. The van der Waals surface area contributed by atoms with Gasteiger partial charge in [0, 0.05) is 0 Å². The summed E-state index contributed by atoms with van der Waals surface area (Å²) in [7, 11) is 0. The van der Waals surface area contributed by atoms with Gasteiger partial charge in [-0.05, 0) is 62.7 Å². The van der Waals surface area contributed by atoms with Crippen LogP contribution < -0.4 is 0 Å². The standard InChI is InChI=1S/C20H28O.C3H4O2/c1-16(8-6-9-17(2)13-15-21)11-12-19-18(3)10-7-14-20(19,4)5;4-2-1-3-5/h6,8-9,11-13,15H,7,10,14H2,1-5H3;2-3H,1H2. The summed E-state index contributed by atoms with van der Waals surface area (Å²) < 4.78 is 0. The molecule has 0 heterocycles. The number of hydrogen-bond acceptors (Lipinski definition) is 3. The van der Waals surface area contributed by atoms with Crippen molar-refractivity contribution < 1.29 is 14.4 Å². The van der Waals surface area contributed by atoms with Crippen LogP contribution in [-0.4, -0.2) is 18.9 Å². The predicted octanol–water partition coefficient (Wildman–Crippen LogP) is 5.49. The molecule has 0 unspecified atom stereocenters. The van der Waals surface area contributed by atoms with E-state index in [0.29, 0.717) is 12.6 Å². The second-order valence-corrected chi connectivity index (χ2v) is 7.15. The first-order valence-corrected chi connectivity index (χ1v) is 9.01. The summed E-state index contributed by atoms with van der Waals surface area (Å²) in [6, 6.07) is 0. The molecule has 0 bridgehead atoms. The fraction of sp³-hybridized carbons (Fsp3) is 0.435. The smallest absolute Gasteiger partial charge is 0.143 e. The van der Waals surface area contributed by atoms with Crippen molar-refractivity contribution in [2.75, 3.05) is 0 Å². The summed E-state index contributed by atoms with van der Waals surface area (Å²) in [5, 5.41) is 0. The van der Waals surface area contributed by atoms with Gasteiger partial charge in [-0.25, -0.2) is 0 Å². The van der Waals surface area contributed by atoms with Crippen LogP contribution in [-0.2, 0) is 14.4 Å². The lowest BCUT2D eigenvalue weighted by Crippen LogP contribution is -2.19. The summed E-state index contributed by atoms with van der Waals surface area (Å²) in [5.41, 5.74) is 5.48. The molecule has 0 aliphatic heterocycles. The molecule has 0 radical (unpaired) electrons. The number of rotatable bonds is 7. The van der Waals surface area contributed by atoms with Crippen molar-refractivity contribution in [2.24, 2.45) is 5.41 Å². The van der Waals surface area contributed by atoms with Crippen molar-refractivity contribution in [3.63, 3.8) is 0 Å². The summed E-state index contributed by atoms with van der Waals surface area (Å²) in [4.78, 5) is 28.7. The fourth-order valence-corrected chi connectivity index (χ4v) is 2.83. The predicted molar refractivity (Wildman–Crippen MR) is 109 cm³/mol. The Kier molecular flexibility index (Phi) is 11.8. The van der Waals surface area contributed by atoms with Crippen LogP contribution in [0.2, 0.25) is 0 Å². The van der Waals surface area contributed by atoms with E-state index in [0.717, 1.165) is 11.9 Å². The second-order valence-electron chi connectivity index (χ2n) is 7.15. The molecule has 0 amide bonds. The topological polar surface area (TPSA) is 51.2 Å². The van der Waals surface area contributed by atoms with E-state index in [1.807, 2.05) is 19.1 Å². The second kappa shape index (κ2) is 13.0. The molecule has 1 rings (SSSR count). The molecular weight excluding hydrogens is 324 g/mol. The van der Waals surface area contributed by atoms with Crippen LogP contribution >= 0.6 is 0 Å². The fourth-order valence-electron chi connectivity index (χ4n) is 2.83. The van der Waals surface area contributed by atoms with Gasteiger partial charge in [0.2, 0.25) is 0 Å². The zero-order valence-corrected chi connectivity index (χ0v) is 16.7. The first-order chi connectivity index (χ1) is 12.3. The average molecular weight is 357 g/mol. The van der Waals surface area contributed by atoms with Crippen LogP contribution in [0.15, 0.2) is 58.7 Å². The van der Waals surface area contributed by atoms with Crippen molar-refractivity contribution in [1.82, 2.24) is 0 Å². The van der Waals surface area contributed by atoms with E-state index in [1.165, 1.54) is 36.0 Å². The quantitative estimate of drug-likeness (QED) is 0.262. The molecule has 1 aliphatic rings. The number of allylic oxidation sites excluding steroid dienone is 10. The Hall–Kier alpha value is -2.29. The van der Waals surface area contributed by atoms with Crippen molar-refractivity contribution >= 4 is 18.9 Å². The molecule has 0 aromatic carbocycles. The Labute approximate surface area is 158 Å². The number of hydrogen-bond donors (Lipinski definition) is 0. The highest BCUT2D eigenvalue weighted by molar-refractivity contribution is 5.72. The van der Waals surface area contributed by atoms with E-state index in [2.05, 4.69) is 45.9 Å². The lowest BCUT2D eigenvalue weighted by atomic mass is 9.72. The molecule has 0 atom stereocenters. The molecule has 0 spiro atoms. The monoisotopic (exact) mass is 356 g/mol. The molecule has 26 heavy (non-hydrogen) atoms. The third-order valence-corrected chi connectivity index (χ3v) is 4.30. The lowest BCUT2D eigenvalue weighted by molar-refractivity contribution is -0.114. The highest BCUT2D eigenvalue weighted by atomic mass is 16.1. The molecule has 1 aliphatic carbocycles. The maximum Gasteiger partial charge on any atom is 0.143 e. The summed E-state index contributed by atoms with van der Waals surface area (Å²) >= 11 is 0. The van der Waals surface area contributed by atoms with Gasteiger partial charge in [0.05, 0.1) is 6.42 Å². The van der Waals surface area contributed by atoms with Crippen molar-refractivity contribution in [1.29, 1.82) is 0 Å². The molecule has 0 saturated heterocycles. The van der Waals surface area contributed by atoms with Crippen LogP contribution in [0.4, 0.5) is 0 Å². The normalized spacial score (nSPS) is 17.9. The maximum absolute atomic E-state index is 10.3. The number of aldehydes is 3. The first-order valence-electron chi connectivity index (χ1n) is 9.01. The van der Waals surface area contributed by atoms with E-state index < -0.39 is 0 Å². The van der Waals surface area contributed by atoms with Crippen molar-refractivity contribution in [3.05, 3.63) is 58.7 Å². The lowest BCUT2D eigenvalue weighted by Gasteiger charge is -2.32. The van der Waals surface area contributed by atoms with Gasteiger partial charge in [0.25, 0.3) is 0 Å². The third-order valence-electron chi connectivity index (χ3n) is 4.30. The minimum atomic E-state index is 0.0278. The highest BCUT2D eigenvalue weighted by Gasteiger charge is 2.26. The van der Waals surface area contributed by atoms with Crippen LogP contribution in [0.5, 0.6) is 0 Å². The Morgan fingerprint density at radius 1 is 1.00 bits per heavy atom. The van der Waals surface area contributed by atoms with Crippen molar-refractivity contribution in [3.8, 4) is 0 Å². The Morgan fingerprint density at radius 2 is 1.62 bits per heavy atom. The Balaban J connectivity index is 0.00000110. The molecule has 3 nitrogen and oxygen atoms in total. The van der Waals surface area contributed by atoms with E-state index in [9.17, 15) is 14.4 Å². The molecule has 3 heteroatoms. The Bertz CT molecular complexity index is 620. The van der Waals surface area contributed by atoms with Gasteiger partial charge in [-0.3, -0.25) is 4.79 Å².